The van der Waals surface area contributed by atoms with E-state index in [0.717, 1.165) is 15.0 Å². The molecule has 0 aliphatic rings. The molecule has 7 nitrogen and oxygen atoms in total. The van der Waals surface area contributed by atoms with Crippen molar-refractivity contribution >= 4 is 49.2 Å². The van der Waals surface area contributed by atoms with E-state index in [4.69, 9.17) is 4.74 Å². The number of rotatable bonds is 7. The first-order chi connectivity index (χ1) is 12.7. The highest BCUT2D eigenvalue weighted by atomic mass is 79.9. The molecule has 1 amide bonds. The Morgan fingerprint density at radius 1 is 1.15 bits per heavy atom. The maximum absolute atomic E-state index is 12.4. The summed E-state index contributed by atoms with van der Waals surface area (Å²) >= 11 is 3.28. The molecule has 1 N–H and O–H groups in total. The number of esters is 1. The van der Waals surface area contributed by atoms with Crippen molar-refractivity contribution in [3.05, 3.63) is 58.6 Å². The van der Waals surface area contributed by atoms with E-state index in [-0.39, 0.29) is 6.61 Å². The Hall–Kier alpha value is -2.39. The quantitative estimate of drug-likeness (QED) is 0.648. The topological polar surface area (TPSA) is 92.8 Å². The molecule has 0 atom stereocenters. The molecule has 0 unspecified atom stereocenters. The molecule has 144 valence electrons. The lowest BCUT2D eigenvalue weighted by Crippen LogP contribution is -2.37. The fourth-order valence-corrected chi connectivity index (χ4v) is 3.40. The fourth-order valence-electron chi connectivity index (χ4n) is 2.28. The first-order valence-corrected chi connectivity index (χ1v) is 10.6. The number of amides is 1. The van der Waals surface area contributed by atoms with E-state index >= 15 is 0 Å². The average molecular weight is 455 g/mol. The van der Waals surface area contributed by atoms with Crippen LogP contribution >= 0.6 is 15.9 Å². The molecular formula is C18H19BrN2O5S. The molecule has 0 saturated carbocycles. The Labute approximate surface area is 166 Å². The molecule has 0 aromatic heterocycles. The van der Waals surface area contributed by atoms with Gasteiger partial charge in [0, 0.05) is 10.2 Å². The minimum Gasteiger partial charge on any atom is -0.462 e. The summed E-state index contributed by atoms with van der Waals surface area (Å²) in [6.45, 7) is 1.54. The van der Waals surface area contributed by atoms with Gasteiger partial charge in [-0.15, -0.1) is 0 Å². The molecule has 0 heterocycles. The summed E-state index contributed by atoms with van der Waals surface area (Å²) in [7, 11) is -3.66. The minimum absolute atomic E-state index is 0.242. The lowest BCUT2D eigenvalue weighted by Gasteiger charge is -2.22. The van der Waals surface area contributed by atoms with E-state index in [9.17, 15) is 18.0 Å². The third-order valence-electron chi connectivity index (χ3n) is 3.46. The molecule has 0 saturated heterocycles. The molecule has 2 rings (SSSR count). The van der Waals surface area contributed by atoms with E-state index in [1.807, 2.05) is 0 Å². The van der Waals surface area contributed by atoms with Crippen molar-refractivity contribution < 1.29 is 22.7 Å². The number of nitrogens with zero attached hydrogens (tertiary/aromatic N) is 1. The number of sulfonamides is 1. The second kappa shape index (κ2) is 9.01. The number of benzene rings is 2. The van der Waals surface area contributed by atoms with Gasteiger partial charge in [0.1, 0.15) is 6.54 Å². The molecule has 27 heavy (non-hydrogen) atoms. The van der Waals surface area contributed by atoms with Crippen LogP contribution in [0.3, 0.4) is 0 Å². The lowest BCUT2D eigenvalue weighted by molar-refractivity contribution is -0.114. The van der Waals surface area contributed by atoms with Gasteiger partial charge in [0.2, 0.25) is 15.9 Å². The first kappa shape index (κ1) is 20.9. The number of carbonyl (C=O) groups is 2. The van der Waals surface area contributed by atoms with Gasteiger partial charge in [-0.3, -0.25) is 9.10 Å². The number of nitrogens with one attached hydrogen (secondary N) is 1. The van der Waals surface area contributed by atoms with Crippen molar-refractivity contribution in [2.24, 2.45) is 0 Å². The number of hydrogen-bond donors (Lipinski definition) is 1. The lowest BCUT2D eigenvalue weighted by atomic mass is 10.2. The first-order valence-electron chi connectivity index (χ1n) is 8.01. The highest BCUT2D eigenvalue weighted by molar-refractivity contribution is 9.10. The smallest absolute Gasteiger partial charge is 0.338 e. The predicted octanol–water partition coefficient (Wildman–Crippen LogP) is 3.03. The van der Waals surface area contributed by atoms with Gasteiger partial charge in [0.15, 0.2) is 0 Å². The summed E-state index contributed by atoms with van der Waals surface area (Å²) in [5, 5.41) is 2.60. The molecule has 0 aliphatic heterocycles. The van der Waals surface area contributed by atoms with Crippen LogP contribution in [0.4, 0.5) is 11.4 Å². The van der Waals surface area contributed by atoms with Crippen LogP contribution in [0, 0.1) is 0 Å². The standard InChI is InChI=1S/C18H19BrN2O5S/c1-3-26-18(23)13-5-4-6-15(11-13)20-17(22)12-21(27(2,24)25)16-9-7-14(19)8-10-16/h4-11H,3,12H2,1-2H3,(H,20,22). The summed E-state index contributed by atoms with van der Waals surface area (Å²) in [6.07, 6.45) is 1.03. The van der Waals surface area contributed by atoms with Crippen LogP contribution in [0.1, 0.15) is 17.3 Å². The highest BCUT2D eigenvalue weighted by Crippen LogP contribution is 2.21. The van der Waals surface area contributed by atoms with E-state index in [1.54, 1.807) is 49.4 Å². The van der Waals surface area contributed by atoms with Gasteiger partial charge >= 0.3 is 5.97 Å². The Balaban J connectivity index is 2.16. The van der Waals surface area contributed by atoms with Gasteiger partial charge in [-0.1, -0.05) is 22.0 Å². The summed E-state index contributed by atoms with van der Waals surface area (Å²) in [6, 6.07) is 12.8. The second-order valence-electron chi connectivity index (χ2n) is 5.60. The second-order valence-corrected chi connectivity index (χ2v) is 8.42. The summed E-state index contributed by atoms with van der Waals surface area (Å²) in [5.41, 5.74) is 1.04. The van der Waals surface area contributed by atoms with Crippen LogP contribution in [0.5, 0.6) is 0 Å². The SMILES string of the molecule is CCOC(=O)c1cccc(NC(=O)CN(c2ccc(Br)cc2)S(C)(=O)=O)c1. The zero-order chi connectivity index (χ0) is 20.0. The van der Waals surface area contributed by atoms with Crippen LogP contribution in [-0.4, -0.2) is 39.7 Å². The normalized spacial score (nSPS) is 10.9. The molecule has 2 aromatic rings. The Morgan fingerprint density at radius 3 is 2.41 bits per heavy atom. The third-order valence-corrected chi connectivity index (χ3v) is 5.13. The van der Waals surface area contributed by atoms with Crippen molar-refractivity contribution in [3.63, 3.8) is 0 Å². The van der Waals surface area contributed by atoms with Gasteiger partial charge in [0.05, 0.1) is 24.1 Å². The molecule has 0 bridgehead atoms. The van der Waals surface area contributed by atoms with E-state index < -0.39 is 28.4 Å². The molecule has 0 radical (unpaired) electrons. The van der Waals surface area contributed by atoms with E-state index in [1.165, 1.54) is 6.07 Å². The fraction of sp³-hybridized carbons (Fsp3) is 0.222. The number of anilines is 2. The van der Waals surface area contributed by atoms with Crippen molar-refractivity contribution in [3.8, 4) is 0 Å². The Bertz CT molecular complexity index is 929. The van der Waals surface area contributed by atoms with Gasteiger partial charge < -0.3 is 10.1 Å². The van der Waals surface area contributed by atoms with E-state index in [0.29, 0.717) is 16.9 Å². The van der Waals surface area contributed by atoms with Gasteiger partial charge in [-0.05, 0) is 49.4 Å². The maximum atomic E-state index is 12.4. The van der Waals surface area contributed by atoms with Gasteiger partial charge in [-0.25, -0.2) is 13.2 Å². The number of hydrogen-bond acceptors (Lipinski definition) is 5. The maximum Gasteiger partial charge on any atom is 0.338 e. The molecule has 0 spiro atoms. The number of halogens is 1. The Kier molecular flexibility index (Phi) is 6.98. The molecular weight excluding hydrogens is 436 g/mol. The predicted molar refractivity (Wildman–Crippen MR) is 107 cm³/mol. The highest BCUT2D eigenvalue weighted by Gasteiger charge is 2.21. The molecule has 0 aliphatic carbocycles. The largest absolute Gasteiger partial charge is 0.462 e. The number of ether oxygens (including phenoxy) is 1. The zero-order valence-electron chi connectivity index (χ0n) is 14.8. The summed E-state index contributed by atoms with van der Waals surface area (Å²) < 4.78 is 30.9. The summed E-state index contributed by atoms with van der Waals surface area (Å²) in [4.78, 5) is 24.2. The van der Waals surface area contributed by atoms with Crippen molar-refractivity contribution in [1.29, 1.82) is 0 Å². The van der Waals surface area contributed by atoms with Crippen LogP contribution in [-0.2, 0) is 19.6 Å². The van der Waals surface area contributed by atoms with Gasteiger partial charge in [-0.2, -0.15) is 0 Å². The summed E-state index contributed by atoms with van der Waals surface area (Å²) in [5.74, 6) is -1.04. The van der Waals surface area contributed by atoms with Crippen LogP contribution in [0.15, 0.2) is 53.0 Å². The molecule has 9 heteroatoms. The zero-order valence-corrected chi connectivity index (χ0v) is 17.2. The molecule has 0 fully saturated rings. The average Bonchev–Trinajstić information content (AvgIpc) is 2.60. The van der Waals surface area contributed by atoms with Crippen LogP contribution in [0.2, 0.25) is 0 Å². The van der Waals surface area contributed by atoms with Gasteiger partial charge in [0.25, 0.3) is 0 Å². The van der Waals surface area contributed by atoms with Crippen LogP contribution < -0.4 is 9.62 Å². The number of carbonyl (C=O) groups excluding carboxylic acids is 2. The molecule has 2 aromatic carbocycles. The Morgan fingerprint density at radius 2 is 1.81 bits per heavy atom. The van der Waals surface area contributed by atoms with Crippen molar-refractivity contribution in [2.45, 2.75) is 6.92 Å². The van der Waals surface area contributed by atoms with Crippen molar-refractivity contribution in [2.75, 3.05) is 29.0 Å². The van der Waals surface area contributed by atoms with Crippen molar-refractivity contribution in [1.82, 2.24) is 0 Å². The van der Waals surface area contributed by atoms with E-state index in [2.05, 4.69) is 21.2 Å². The minimum atomic E-state index is -3.66. The van der Waals surface area contributed by atoms with Crippen LogP contribution in [0.25, 0.3) is 0 Å². The third kappa shape index (κ3) is 6.07. The monoisotopic (exact) mass is 454 g/mol.